The molecule has 0 aromatic heterocycles. The number of hydrogen-bond donors (Lipinski definition) is 1. The number of rotatable bonds is 8. The normalized spacial score (nSPS) is 10.5. The molecular formula is C23H23NO4. The Morgan fingerprint density at radius 3 is 1.93 bits per heavy atom. The molecule has 3 aromatic rings. The van der Waals surface area contributed by atoms with Crippen LogP contribution in [-0.4, -0.2) is 26.7 Å². The van der Waals surface area contributed by atoms with Gasteiger partial charge in [-0.2, -0.15) is 0 Å². The number of benzene rings is 3. The van der Waals surface area contributed by atoms with E-state index in [4.69, 9.17) is 14.2 Å². The van der Waals surface area contributed by atoms with E-state index in [1.54, 1.807) is 32.4 Å². The van der Waals surface area contributed by atoms with E-state index in [2.05, 4.69) is 5.32 Å². The third kappa shape index (κ3) is 4.90. The largest absolute Gasteiger partial charge is 0.493 e. The van der Waals surface area contributed by atoms with E-state index in [0.717, 1.165) is 11.1 Å². The van der Waals surface area contributed by atoms with E-state index in [1.165, 1.54) is 0 Å². The minimum Gasteiger partial charge on any atom is -0.493 e. The van der Waals surface area contributed by atoms with Gasteiger partial charge in [0.15, 0.2) is 11.5 Å². The number of nitrogens with one attached hydrogen (secondary N) is 1. The van der Waals surface area contributed by atoms with Crippen molar-refractivity contribution in [2.45, 2.75) is 6.10 Å². The lowest BCUT2D eigenvalue weighted by Crippen LogP contribution is -2.20. The van der Waals surface area contributed by atoms with Crippen LogP contribution in [0, 0.1) is 0 Å². The van der Waals surface area contributed by atoms with E-state index in [-0.39, 0.29) is 18.6 Å². The van der Waals surface area contributed by atoms with Crippen molar-refractivity contribution in [1.82, 2.24) is 0 Å². The second-order valence-corrected chi connectivity index (χ2v) is 6.13. The Kier molecular flexibility index (Phi) is 6.65. The third-order valence-electron chi connectivity index (χ3n) is 4.25. The van der Waals surface area contributed by atoms with Gasteiger partial charge in [-0.3, -0.25) is 4.79 Å². The van der Waals surface area contributed by atoms with Crippen molar-refractivity contribution < 1.29 is 19.0 Å². The van der Waals surface area contributed by atoms with Crippen LogP contribution >= 0.6 is 0 Å². The molecule has 5 heteroatoms. The quantitative estimate of drug-likeness (QED) is 0.630. The van der Waals surface area contributed by atoms with Crippen LogP contribution in [0.25, 0.3) is 0 Å². The average Bonchev–Trinajstić information content (AvgIpc) is 2.75. The second kappa shape index (κ2) is 9.58. The van der Waals surface area contributed by atoms with E-state index in [0.29, 0.717) is 17.2 Å². The van der Waals surface area contributed by atoms with E-state index in [1.807, 2.05) is 60.7 Å². The molecule has 0 aliphatic carbocycles. The molecule has 1 N–H and O–H groups in total. The van der Waals surface area contributed by atoms with Gasteiger partial charge in [0.05, 0.1) is 14.2 Å². The summed E-state index contributed by atoms with van der Waals surface area (Å²) in [7, 11) is 3.12. The summed E-state index contributed by atoms with van der Waals surface area (Å²) >= 11 is 0. The molecule has 3 rings (SSSR count). The summed E-state index contributed by atoms with van der Waals surface area (Å²) in [6.07, 6.45) is -0.321. The molecule has 3 aromatic carbocycles. The monoisotopic (exact) mass is 377 g/mol. The van der Waals surface area contributed by atoms with Crippen LogP contribution in [0.3, 0.4) is 0 Å². The summed E-state index contributed by atoms with van der Waals surface area (Å²) in [5.41, 5.74) is 2.60. The Morgan fingerprint density at radius 1 is 0.821 bits per heavy atom. The Balaban J connectivity index is 1.69. The third-order valence-corrected chi connectivity index (χ3v) is 4.25. The SMILES string of the molecule is COc1ccc(NC(=O)COC(c2ccccc2)c2ccccc2)cc1OC. The Morgan fingerprint density at radius 2 is 1.39 bits per heavy atom. The molecule has 0 atom stereocenters. The van der Waals surface area contributed by atoms with Gasteiger partial charge >= 0.3 is 0 Å². The highest BCUT2D eigenvalue weighted by atomic mass is 16.5. The van der Waals surface area contributed by atoms with Crippen LogP contribution in [0.2, 0.25) is 0 Å². The zero-order chi connectivity index (χ0) is 19.8. The molecule has 0 saturated heterocycles. The van der Waals surface area contributed by atoms with Crippen LogP contribution in [0.1, 0.15) is 17.2 Å². The summed E-state index contributed by atoms with van der Waals surface area (Å²) in [6.45, 7) is -0.0806. The number of amides is 1. The molecular weight excluding hydrogens is 354 g/mol. The van der Waals surface area contributed by atoms with Gasteiger partial charge in [-0.15, -0.1) is 0 Å². The molecule has 0 heterocycles. The van der Waals surface area contributed by atoms with E-state index >= 15 is 0 Å². The molecule has 0 saturated carbocycles. The maximum Gasteiger partial charge on any atom is 0.250 e. The zero-order valence-electron chi connectivity index (χ0n) is 15.9. The van der Waals surface area contributed by atoms with Crippen LogP contribution in [0.4, 0.5) is 5.69 Å². The molecule has 144 valence electrons. The summed E-state index contributed by atoms with van der Waals surface area (Å²) in [4.78, 5) is 12.4. The predicted octanol–water partition coefficient (Wildman–Crippen LogP) is 4.45. The number of ether oxygens (including phenoxy) is 3. The molecule has 0 aliphatic rings. The van der Waals surface area contributed by atoms with E-state index in [9.17, 15) is 4.79 Å². The topological polar surface area (TPSA) is 56.8 Å². The lowest BCUT2D eigenvalue weighted by atomic mass is 10.0. The molecule has 0 unspecified atom stereocenters. The minimum atomic E-state index is -0.321. The summed E-state index contributed by atoms with van der Waals surface area (Å²) < 4.78 is 16.5. The molecule has 5 nitrogen and oxygen atoms in total. The number of carbonyl (C=O) groups is 1. The summed E-state index contributed by atoms with van der Waals surface area (Å²) in [5.74, 6) is 0.904. The second-order valence-electron chi connectivity index (χ2n) is 6.13. The highest BCUT2D eigenvalue weighted by Crippen LogP contribution is 2.30. The number of carbonyl (C=O) groups excluding carboxylic acids is 1. The van der Waals surface area contributed by atoms with Crippen molar-refractivity contribution in [3.05, 3.63) is 90.0 Å². The van der Waals surface area contributed by atoms with Gasteiger partial charge in [0.25, 0.3) is 0 Å². The molecule has 0 spiro atoms. The Bertz CT molecular complexity index is 857. The number of methoxy groups -OCH3 is 2. The van der Waals surface area contributed by atoms with Crippen molar-refractivity contribution in [3.63, 3.8) is 0 Å². The summed E-state index contributed by atoms with van der Waals surface area (Å²) in [5, 5.41) is 2.83. The van der Waals surface area contributed by atoms with E-state index < -0.39 is 0 Å². The first-order chi connectivity index (χ1) is 13.7. The molecule has 0 fully saturated rings. The molecule has 0 radical (unpaired) electrons. The standard InChI is InChI=1S/C23H23NO4/c1-26-20-14-13-19(15-21(20)27-2)24-22(25)16-28-23(17-9-5-3-6-10-17)18-11-7-4-8-12-18/h3-15,23H,16H2,1-2H3,(H,24,25). The zero-order valence-corrected chi connectivity index (χ0v) is 15.9. The summed E-state index contributed by atoms with van der Waals surface area (Å²) in [6, 6.07) is 24.9. The van der Waals surface area contributed by atoms with Gasteiger partial charge in [-0.05, 0) is 23.3 Å². The minimum absolute atomic E-state index is 0.0806. The first-order valence-electron chi connectivity index (χ1n) is 8.94. The molecule has 0 bridgehead atoms. The lowest BCUT2D eigenvalue weighted by molar-refractivity contribution is -0.121. The predicted molar refractivity (Wildman–Crippen MR) is 109 cm³/mol. The van der Waals surface area contributed by atoms with Crippen LogP contribution < -0.4 is 14.8 Å². The molecule has 28 heavy (non-hydrogen) atoms. The van der Waals surface area contributed by atoms with Gasteiger partial charge in [0.2, 0.25) is 5.91 Å². The van der Waals surface area contributed by atoms with Crippen molar-refractivity contribution in [2.75, 3.05) is 26.1 Å². The fourth-order valence-electron chi connectivity index (χ4n) is 2.91. The lowest BCUT2D eigenvalue weighted by Gasteiger charge is -2.19. The highest BCUT2D eigenvalue weighted by molar-refractivity contribution is 5.92. The van der Waals surface area contributed by atoms with Gasteiger partial charge in [-0.25, -0.2) is 0 Å². The number of anilines is 1. The maximum absolute atomic E-state index is 12.4. The Labute approximate surface area is 164 Å². The molecule has 0 aliphatic heterocycles. The fourth-order valence-corrected chi connectivity index (χ4v) is 2.91. The van der Waals surface area contributed by atoms with Gasteiger partial charge in [-0.1, -0.05) is 60.7 Å². The molecule has 1 amide bonds. The van der Waals surface area contributed by atoms with Crippen molar-refractivity contribution in [1.29, 1.82) is 0 Å². The van der Waals surface area contributed by atoms with Gasteiger partial charge < -0.3 is 19.5 Å². The van der Waals surface area contributed by atoms with Crippen molar-refractivity contribution in [2.24, 2.45) is 0 Å². The number of hydrogen-bond acceptors (Lipinski definition) is 4. The smallest absolute Gasteiger partial charge is 0.250 e. The average molecular weight is 377 g/mol. The van der Waals surface area contributed by atoms with Gasteiger partial charge in [0, 0.05) is 11.8 Å². The van der Waals surface area contributed by atoms with Crippen LogP contribution in [0.5, 0.6) is 11.5 Å². The van der Waals surface area contributed by atoms with Crippen LogP contribution in [-0.2, 0) is 9.53 Å². The maximum atomic E-state index is 12.4. The van der Waals surface area contributed by atoms with Crippen LogP contribution in [0.15, 0.2) is 78.9 Å². The van der Waals surface area contributed by atoms with Gasteiger partial charge in [0.1, 0.15) is 12.7 Å². The van der Waals surface area contributed by atoms with Crippen molar-refractivity contribution in [3.8, 4) is 11.5 Å². The highest BCUT2D eigenvalue weighted by Gasteiger charge is 2.16. The van der Waals surface area contributed by atoms with Crippen molar-refractivity contribution >= 4 is 11.6 Å². The first-order valence-corrected chi connectivity index (χ1v) is 8.94. The fraction of sp³-hybridized carbons (Fsp3) is 0.174. The first kappa shape index (κ1) is 19.5. The Hall–Kier alpha value is -3.31.